The molecule has 10 heteroatoms. The van der Waals surface area contributed by atoms with Crippen LogP contribution in [0.4, 0.5) is 5.13 Å². The Labute approximate surface area is 201 Å². The third-order valence-corrected chi connectivity index (χ3v) is 7.19. The number of piperidine rings is 1. The summed E-state index contributed by atoms with van der Waals surface area (Å²) in [4.78, 5) is 39.6. The Balaban J connectivity index is 1.23. The fraction of sp³-hybridized carbons (Fsp3) is 0.417. The average molecular weight is 482 g/mol. The predicted molar refractivity (Wildman–Crippen MR) is 128 cm³/mol. The van der Waals surface area contributed by atoms with E-state index in [4.69, 9.17) is 9.15 Å². The Morgan fingerprint density at radius 3 is 2.62 bits per heavy atom. The maximum atomic E-state index is 13.1. The number of anilines is 1. The number of likely N-dealkylation sites (tertiary alicyclic amines) is 1. The van der Waals surface area contributed by atoms with Gasteiger partial charge in [-0.05, 0) is 37.1 Å². The number of pyridine rings is 1. The van der Waals surface area contributed by atoms with Crippen LogP contribution in [0.15, 0.2) is 47.2 Å². The SMILES string of the molecule is O=C(CN1CCC(N2CCOCC2)CC1)Nc1nc(-c2ccco2)c(C(=O)c2ccccn2)s1. The van der Waals surface area contributed by atoms with Crippen molar-refractivity contribution in [3.05, 3.63) is 53.4 Å². The molecular weight excluding hydrogens is 454 g/mol. The van der Waals surface area contributed by atoms with Crippen molar-refractivity contribution in [3.63, 3.8) is 0 Å². The molecule has 5 heterocycles. The van der Waals surface area contributed by atoms with E-state index in [2.05, 4.69) is 25.1 Å². The third kappa shape index (κ3) is 5.25. The average Bonchev–Trinajstić information content (AvgIpc) is 3.55. The van der Waals surface area contributed by atoms with Gasteiger partial charge in [0.15, 0.2) is 10.9 Å². The van der Waals surface area contributed by atoms with Gasteiger partial charge in [-0.15, -0.1) is 0 Å². The summed E-state index contributed by atoms with van der Waals surface area (Å²) in [5.74, 6) is 0.0813. The summed E-state index contributed by atoms with van der Waals surface area (Å²) in [5.41, 5.74) is 0.729. The number of carbonyl (C=O) groups excluding carboxylic acids is 2. The van der Waals surface area contributed by atoms with Gasteiger partial charge in [0, 0.05) is 38.4 Å². The van der Waals surface area contributed by atoms with Crippen molar-refractivity contribution < 1.29 is 18.7 Å². The van der Waals surface area contributed by atoms with Gasteiger partial charge >= 0.3 is 0 Å². The number of furan rings is 1. The number of aromatic nitrogens is 2. The minimum atomic E-state index is -0.254. The Hall–Kier alpha value is -2.92. The Bertz CT molecular complexity index is 1100. The number of hydrogen-bond donors (Lipinski definition) is 1. The van der Waals surface area contributed by atoms with E-state index in [0.29, 0.717) is 39.7 Å². The van der Waals surface area contributed by atoms with Gasteiger partial charge in [-0.3, -0.25) is 24.4 Å². The van der Waals surface area contributed by atoms with E-state index in [0.717, 1.165) is 63.6 Å². The van der Waals surface area contributed by atoms with Crippen LogP contribution < -0.4 is 5.32 Å². The topological polar surface area (TPSA) is 101 Å². The third-order valence-electron chi connectivity index (χ3n) is 6.22. The van der Waals surface area contributed by atoms with Gasteiger partial charge in [0.2, 0.25) is 11.7 Å². The molecule has 34 heavy (non-hydrogen) atoms. The summed E-state index contributed by atoms with van der Waals surface area (Å²) in [7, 11) is 0. The molecule has 0 saturated carbocycles. The molecule has 1 N–H and O–H groups in total. The maximum Gasteiger partial charge on any atom is 0.240 e. The van der Waals surface area contributed by atoms with E-state index in [-0.39, 0.29) is 11.7 Å². The molecule has 2 aliphatic heterocycles. The molecule has 1 amide bonds. The normalized spacial score (nSPS) is 18.1. The number of ether oxygens (including phenoxy) is 1. The molecule has 0 aliphatic carbocycles. The summed E-state index contributed by atoms with van der Waals surface area (Å²) < 4.78 is 10.9. The van der Waals surface area contributed by atoms with Crippen LogP contribution in [0, 0.1) is 0 Å². The van der Waals surface area contributed by atoms with Gasteiger partial charge in [-0.1, -0.05) is 17.4 Å². The van der Waals surface area contributed by atoms with Gasteiger partial charge in [0.25, 0.3) is 0 Å². The molecule has 2 aliphatic rings. The van der Waals surface area contributed by atoms with Crippen LogP contribution in [-0.4, -0.2) is 83.4 Å². The van der Waals surface area contributed by atoms with Crippen LogP contribution in [0.25, 0.3) is 11.5 Å². The van der Waals surface area contributed by atoms with E-state index in [1.807, 2.05) is 0 Å². The lowest BCUT2D eigenvalue weighted by Gasteiger charge is -2.39. The van der Waals surface area contributed by atoms with Gasteiger partial charge < -0.3 is 14.5 Å². The number of hydrogen-bond acceptors (Lipinski definition) is 9. The first-order valence-corrected chi connectivity index (χ1v) is 12.3. The number of amides is 1. The van der Waals surface area contributed by atoms with Gasteiger partial charge in [0.1, 0.15) is 16.3 Å². The first kappa shape index (κ1) is 22.9. The lowest BCUT2D eigenvalue weighted by atomic mass is 10.0. The highest BCUT2D eigenvalue weighted by Crippen LogP contribution is 2.33. The van der Waals surface area contributed by atoms with Gasteiger partial charge in [-0.2, -0.15) is 0 Å². The van der Waals surface area contributed by atoms with Crippen molar-refractivity contribution in [2.75, 3.05) is 51.3 Å². The van der Waals surface area contributed by atoms with Crippen LogP contribution in [0.5, 0.6) is 0 Å². The van der Waals surface area contributed by atoms with Crippen molar-refractivity contribution in [1.29, 1.82) is 0 Å². The van der Waals surface area contributed by atoms with Crippen molar-refractivity contribution in [2.45, 2.75) is 18.9 Å². The lowest BCUT2D eigenvalue weighted by Crippen LogP contribution is -2.50. The molecule has 0 unspecified atom stereocenters. The van der Waals surface area contributed by atoms with Crippen LogP contribution in [-0.2, 0) is 9.53 Å². The zero-order chi connectivity index (χ0) is 23.3. The minimum absolute atomic E-state index is 0.138. The van der Waals surface area contributed by atoms with Crippen LogP contribution in [0.3, 0.4) is 0 Å². The molecule has 5 rings (SSSR count). The first-order chi connectivity index (χ1) is 16.7. The number of ketones is 1. The molecule has 0 aromatic carbocycles. The standard InChI is InChI=1S/C24H27N5O4S/c30-20(16-28-9-6-17(7-10-28)29-11-14-32-15-12-29)26-24-27-21(19-5-3-13-33-19)23(34-24)22(31)18-4-1-2-8-25-18/h1-5,8,13,17H,6-7,9-12,14-16H2,(H,26,27,30). The molecule has 2 saturated heterocycles. The molecule has 0 spiro atoms. The fourth-order valence-corrected chi connectivity index (χ4v) is 5.40. The Morgan fingerprint density at radius 2 is 1.91 bits per heavy atom. The van der Waals surface area contributed by atoms with E-state index >= 15 is 0 Å². The molecule has 3 aromatic heterocycles. The minimum Gasteiger partial charge on any atom is -0.463 e. The summed E-state index contributed by atoms with van der Waals surface area (Å²) in [6.45, 7) is 5.67. The zero-order valence-corrected chi connectivity index (χ0v) is 19.6. The summed E-state index contributed by atoms with van der Waals surface area (Å²) in [6, 6.07) is 9.23. The second-order valence-corrected chi connectivity index (χ2v) is 9.42. The highest BCUT2D eigenvalue weighted by atomic mass is 32.1. The maximum absolute atomic E-state index is 13.1. The van der Waals surface area contributed by atoms with E-state index in [1.54, 1.807) is 36.5 Å². The molecule has 0 bridgehead atoms. The molecule has 0 atom stereocenters. The zero-order valence-electron chi connectivity index (χ0n) is 18.8. The number of nitrogens with one attached hydrogen (secondary N) is 1. The van der Waals surface area contributed by atoms with Crippen LogP contribution >= 0.6 is 11.3 Å². The number of carbonyl (C=O) groups is 2. The summed E-state index contributed by atoms with van der Waals surface area (Å²) in [5, 5.41) is 3.25. The fourth-order valence-electron chi connectivity index (χ4n) is 4.47. The summed E-state index contributed by atoms with van der Waals surface area (Å²) >= 11 is 1.14. The monoisotopic (exact) mass is 481 g/mol. The lowest BCUT2D eigenvalue weighted by molar-refractivity contribution is -0.117. The number of nitrogens with zero attached hydrogens (tertiary/aromatic N) is 4. The highest BCUT2D eigenvalue weighted by Gasteiger charge is 2.27. The molecule has 2 fully saturated rings. The van der Waals surface area contributed by atoms with Gasteiger partial charge in [-0.25, -0.2) is 4.98 Å². The van der Waals surface area contributed by atoms with E-state index < -0.39 is 0 Å². The smallest absolute Gasteiger partial charge is 0.240 e. The van der Waals surface area contributed by atoms with E-state index in [9.17, 15) is 9.59 Å². The number of rotatable bonds is 7. The van der Waals surface area contributed by atoms with Crippen LogP contribution in [0.1, 0.15) is 28.2 Å². The quantitative estimate of drug-likeness (QED) is 0.514. The predicted octanol–water partition coefficient (Wildman–Crippen LogP) is 2.76. The molecular formula is C24H27N5O4S. The second kappa shape index (κ2) is 10.6. The van der Waals surface area contributed by atoms with E-state index in [1.165, 1.54) is 6.26 Å². The molecule has 0 radical (unpaired) electrons. The van der Waals surface area contributed by atoms with Crippen LogP contribution in [0.2, 0.25) is 0 Å². The van der Waals surface area contributed by atoms with Crippen molar-refractivity contribution in [2.24, 2.45) is 0 Å². The highest BCUT2D eigenvalue weighted by molar-refractivity contribution is 7.18. The molecule has 178 valence electrons. The van der Waals surface area contributed by atoms with Crippen molar-refractivity contribution in [1.82, 2.24) is 19.8 Å². The first-order valence-electron chi connectivity index (χ1n) is 11.5. The van der Waals surface area contributed by atoms with Gasteiger partial charge in [0.05, 0.1) is 26.0 Å². The largest absolute Gasteiger partial charge is 0.463 e. The van der Waals surface area contributed by atoms with Crippen molar-refractivity contribution in [3.8, 4) is 11.5 Å². The Kier molecular flexibility index (Phi) is 7.10. The molecule has 3 aromatic rings. The number of thiazole rings is 1. The Morgan fingerprint density at radius 1 is 1.09 bits per heavy atom. The second-order valence-electron chi connectivity index (χ2n) is 8.42. The number of morpholine rings is 1. The molecule has 9 nitrogen and oxygen atoms in total. The van der Waals surface area contributed by atoms with Crippen molar-refractivity contribution >= 4 is 28.2 Å². The summed E-state index contributed by atoms with van der Waals surface area (Å²) in [6.07, 6.45) is 5.21.